The average molecular weight is 292 g/mol. The van der Waals surface area contributed by atoms with E-state index in [2.05, 4.69) is 36.1 Å². The van der Waals surface area contributed by atoms with Gasteiger partial charge in [0.25, 0.3) is 0 Å². The number of hydrogen-bond donors (Lipinski definition) is 0. The summed E-state index contributed by atoms with van der Waals surface area (Å²) in [5, 5.41) is 0.790. The van der Waals surface area contributed by atoms with E-state index < -0.39 is 0 Å². The fraction of sp³-hybridized carbons (Fsp3) is 0.100. The van der Waals surface area contributed by atoms with E-state index in [0.717, 1.165) is 14.2 Å². The second-order valence-electron chi connectivity index (χ2n) is 2.49. The van der Waals surface area contributed by atoms with Gasteiger partial charge < -0.3 is 0 Å². The Kier molecular flexibility index (Phi) is 3.59. The van der Waals surface area contributed by atoms with E-state index in [1.165, 1.54) is 0 Å². The average Bonchev–Trinajstić information content (AvgIpc) is 2.08. The molecule has 0 fully saturated rings. The third-order valence-electron chi connectivity index (χ3n) is 1.67. The maximum absolute atomic E-state index is 6.07. The minimum Gasteiger partial charge on any atom is -0.102 e. The van der Waals surface area contributed by atoms with Crippen molar-refractivity contribution >= 4 is 34.2 Å². The van der Waals surface area contributed by atoms with Gasteiger partial charge in [-0.25, -0.2) is 0 Å². The van der Waals surface area contributed by atoms with E-state index in [4.69, 9.17) is 11.6 Å². The van der Waals surface area contributed by atoms with Crippen LogP contribution in [0.4, 0.5) is 0 Å². The van der Waals surface area contributed by atoms with Crippen molar-refractivity contribution in [2.24, 2.45) is 0 Å². The first kappa shape index (κ1) is 10.1. The molecule has 0 amide bonds. The first-order valence-corrected chi connectivity index (χ1v) is 5.02. The molecule has 0 aliphatic heterocycles. The highest BCUT2D eigenvalue weighted by atomic mass is 127. The van der Waals surface area contributed by atoms with Crippen molar-refractivity contribution < 1.29 is 0 Å². The van der Waals surface area contributed by atoms with Crippen molar-refractivity contribution in [3.05, 3.63) is 51.9 Å². The minimum absolute atomic E-state index is 0.0761. The van der Waals surface area contributed by atoms with E-state index in [0.29, 0.717) is 0 Å². The molecule has 0 saturated heterocycles. The van der Waals surface area contributed by atoms with Crippen LogP contribution >= 0.6 is 34.2 Å². The van der Waals surface area contributed by atoms with Gasteiger partial charge in [-0.2, -0.15) is 0 Å². The van der Waals surface area contributed by atoms with E-state index in [1.807, 2.05) is 18.2 Å². The standard InChI is InChI=1S/C10H9ClI/c1-3-7(2)8-5-4-6-9(12)10(8)11/h3-7H,1-2H2. The molecule has 1 aromatic carbocycles. The van der Waals surface area contributed by atoms with Crippen LogP contribution in [0.25, 0.3) is 0 Å². The van der Waals surface area contributed by atoms with Crippen LogP contribution in [0, 0.1) is 10.5 Å². The molecule has 1 aromatic rings. The number of halogens is 2. The molecule has 0 nitrogen and oxygen atoms in total. The molecule has 0 aromatic heterocycles. The summed E-state index contributed by atoms with van der Waals surface area (Å²) in [4.78, 5) is 0. The second kappa shape index (κ2) is 4.28. The predicted molar refractivity (Wildman–Crippen MR) is 62.5 cm³/mol. The smallest absolute Gasteiger partial charge is 0.0577 e. The summed E-state index contributed by atoms with van der Waals surface area (Å²) < 4.78 is 1.06. The highest BCUT2D eigenvalue weighted by Crippen LogP contribution is 2.28. The Morgan fingerprint density at radius 2 is 2.17 bits per heavy atom. The second-order valence-corrected chi connectivity index (χ2v) is 4.03. The van der Waals surface area contributed by atoms with Crippen LogP contribution in [-0.2, 0) is 0 Å². The first-order valence-electron chi connectivity index (χ1n) is 3.56. The molecule has 63 valence electrons. The lowest BCUT2D eigenvalue weighted by Crippen LogP contribution is -1.91. The Labute approximate surface area is 91.8 Å². The Morgan fingerprint density at radius 3 is 2.75 bits per heavy atom. The number of rotatable bonds is 2. The topological polar surface area (TPSA) is 0 Å². The van der Waals surface area contributed by atoms with Crippen molar-refractivity contribution in [1.82, 2.24) is 0 Å². The molecule has 0 spiro atoms. The maximum atomic E-state index is 6.07. The Hall–Kier alpha value is -0.0200. The van der Waals surface area contributed by atoms with E-state index >= 15 is 0 Å². The van der Waals surface area contributed by atoms with Crippen molar-refractivity contribution in [2.75, 3.05) is 0 Å². The fourth-order valence-corrected chi connectivity index (χ4v) is 1.72. The van der Waals surface area contributed by atoms with Gasteiger partial charge in [0.1, 0.15) is 0 Å². The van der Waals surface area contributed by atoms with Crippen LogP contribution in [-0.4, -0.2) is 0 Å². The molecule has 0 heterocycles. The zero-order chi connectivity index (χ0) is 9.14. The Balaban J connectivity index is 3.15. The normalized spacial score (nSPS) is 12.6. The van der Waals surface area contributed by atoms with Gasteiger partial charge in [-0.3, -0.25) is 0 Å². The SMILES string of the molecule is [CH2]C(C=C)c1cccc(I)c1Cl. The fourth-order valence-electron chi connectivity index (χ4n) is 0.934. The van der Waals surface area contributed by atoms with Crippen molar-refractivity contribution in [3.63, 3.8) is 0 Å². The minimum atomic E-state index is 0.0761. The summed E-state index contributed by atoms with van der Waals surface area (Å²) in [6, 6.07) is 5.93. The third-order valence-corrected chi connectivity index (χ3v) is 3.31. The van der Waals surface area contributed by atoms with Crippen molar-refractivity contribution in [3.8, 4) is 0 Å². The number of hydrogen-bond acceptors (Lipinski definition) is 0. The van der Waals surface area contributed by atoms with Gasteiger partial charge >= 0.3 is 0 Å². The van der Waals surface area contributed by atoms with Gasteiger partial charge in [-0.05, 0) is 41.1 Å². The van der Waals surface area contributed by atoms with E-state index in [-0.39, 0.29) is 5.92 Å². The zero-order valence-electron chi connectivity index (χ0n) is 6.56. The molecule has 2 heteroatoms. The molecule has 12 heavy (non-hydrogen) atoms. The molecule has 0 aliphatic carbocycles. The summed E-state index contributed by atoms with van der Waals surface area (Å²) in [5.41, 5.74) is 1.04. The molecule has 0 bridgehead atoms. The number of allylic oxidation sites excluding steroid dienone is 1. The molecule has 1 atom stereocenters. The lowest BCUT2D eigenvalue weighted by atomic mass is 10.0. The summed E-state index contributed by atoms with van der Waals surface area (Å²) in [7, 11) is 0. The third kappa shape index (κ3) is 2.02. The van der Waals surface area contributed by atoms with Crippen LogP contribution in [0.5, 0.6) is 0 Å². The van der Waals surface area contributed by atoms with Crippen LogP contribution in [0.15, 0.2) is 30.9 Å². The lowest BCUT2D eigenvalue weighted by Gasteiger charge is -2.09. The van der Waals surface area contributed by atoms with E-state index in [9.17, 15) is 0 Å². The summed E-state index contributed by atoms with van der Waals surface area (Å²) >= 11 is 8.28. The van der Waals surface area contributed by atoms with Crippen LogP contribution < -0.4 is 0 Å². The summed E-state index contributed by atoms with van der Waals surface area (Å²) in [6.45, 7) is 7.61. The Morgan fingerprint density at radius 1 is 1.50 bits per heavy atom. The number of benzene rings is 1. The summed E-state index contributed by atoms with van der Waals surface area (Å²) in [5.74, 6) is 0.0761. The van der Waals surface area contributed by atoms with Crippen LogP contribution in [0.2, 0.25) is 5.02 Å². The highest BCUT2D eigenvalue weighted by molar-refractivity contribution is 14.1. The van der Waals surface area contributed by atoms with Crippen molar-refractivity contribution in [2.45, 2.75) is 5.92 Å². The van der Waals surface area contributed by atoms with Gasteiger partial charge in [0.05, 0.1) is 5.02 Å². The van der Waals surface area contributed by atoms with Crippen LogP contribution in [0.3, 0.4) is 0 Å². The van der Waals surface area contributed by atoms with E-state index in [1.54, 1.807) is 6.08 Å². The van der Waals surface area contributed by atoms with Gasteiger partial charge in [-0.15, -0.1) is 6.58 Å². The Bertz CT molecular complexity index is 294. The monoisotopic (exact) mass is 291 g/mol. The van der Waals surface area contributed by atoms with Gasteiger partial charge in [0, 0.05) is 9.49 Å². The molecule has 0 saturated carbocycles. The molecule has 0 N–H and O–H groups in total. The van der Waals surface area contributed by atoms with Crippen LogP contribution in [0.1, 0.15) is 11.5 Å². The molecular formula is C10H9ClI. The van der Waals surface area contributed by atoms with Gasteiger partial charge in [0.2, 0.25) is 0 Å². The van der Waals surface area contributed by atoms with Gasteiger partial charge in [-0.1, -0.05) is 29.8 Å². The quantitative estimate of drug-likeness (QED) is 0.570. The molecule has 1 rings (SSSR count). The first-order chi connectivity index (χ1) is 5.66. The van der Waals surface area contributed by atoms with Gasteiger partial charge in [0.15, 0.2) is 0 Å². The molecule has 1 unspecified atom stereocenters. The molecule has 0 aliphatic rings. The largest absolute Gasteiger partial charge is 0.102 e. The van der Waals surface area contributed by atoms with Crippen molar-refractivity contribution in [1.29, 1.82) is 0 Å². The highest BCUT2D eigenvalue weighted by Gasteiger charge is 2.07. The molecule has 1 radical (unpaired) electrons. The summed E-state index contributed by atoms with van der Waals surface area (Å²) in [6.07, 6.45) is 1.79. The maximum Gasteiger partial charge on any atom is 0.0577 e. The molecular weight excluding hydrogens is 282 g/mol. The lowest BCUT2D eigenvalue weighted by molar-refractivity contribution is 1.08. The predicted octanol–water partition coefficient (Wildman–Crippen LogP) is 4.05. The zero-order valence-corrected chi connectivity index (χ0v) is 9.47.